The van der Waals surface area contributed by atoms with Gasteiger partial charge in [-0.3, -0.25) is 0 Å². The number of aromatic nitrogens is 2. The highest BCUT2D eigenvalue weighted by Gasteiger charge is 2.19. The number of aromatic amines is 1. The fourth-order valence-electron chi connectivity index (χ4n) is 3.85. The molecule has 2 aromatic heterocycles. The standard InChI is InChI=1S/C25H24ClN3O3S/c1-33(2,30)29-19-9-7-17(8-10-19)16-3-5-18(6-4-16)25-21(26)13-22-23(28-25)14-24(27-22)32-20-11-12-31-15-20/h3-10,13-14,20,27H,11-12,15H2,1-2H3/t20-/m0/s1. The lowest BCUT2D eigenvalue weighted by molar-refractivity contribution is 0.138. The zero-order valence-electron chi connectivity index (χ0n) is 18.4. The molecule has 6 nitrogen and oxygen atoms in total. The van der Waals surface area contributed by atoms with Gasteiger partial charge in [-0.1, -0.05) is 48.0 Å². The van der Waals surface area contributed by atoms with Crippen molar-refractivity contribution in [2.75, 3.05) is 25.7 Å². The molecule has 1 aliphatic rings. The van der Waals surface area contributed by atoms with Crippen molar-refractivity contribution in [1.29, 1.82) is 0 Å². The SMILES string of the molecule is CS(C)(=O)=Nc1ccc(-c2ccc(-c3nc4cc(O[C@H]5CCOC5)[nH]c4cc3Cl)cc2)cc1. The molecule has 4 aromatic rings. The third-order valence-electron chi connectivity index (χ3n) is 5.40. The summed E-state index contributed by atoms with van der Waals surface area (Å²) in [6.07, 6.45) is 4.21. The molecule has 0 spiro atoms. The number of hydrogen-bond donors (Lipinski definition) is 1. The fraction of sp³-hybridized carbons (Fsp3) is 0.240. The number of hydrogen-bond acceptors (Lipinski definition) is 5. The molecule has 0 aliphatic carbocycles. The van der Waals surface area contributed by atoms with E-state index in [1.165, 1.54) is 0 Å². The zero-order valence-corrected chi connectivity index (χ0v) is 19.9. The van der Waals surface area contributed by atoms with E-state index in [9.17, 15) is 4.21 Å². The highest BCUT2D eigenvalue weighted by Crippen LogP contribution is 2.33. The van der Waals surface area contributed by atoms with E-state index < -0.39 is 9.73 Å². The van der Waals surface area contributed by atoms with Crippen molar-refractivity contribution in [2.24, 2.45) is 4.36 Å². The average molecular weight is 482 g/mol. The van der Waals surface area contributed by atoms with Crippen LogP contribution in [-0.4, -0.2) is 46.0 Å². The minimum atomic E-state index is -2.18. The highest BCUT2D eigenvalue weighted by molar-refractivity contribution is 7.92. The summed E-state index contributed by atoms with van der Waals surface area (Å²) in [6, 6.07) is 19.6. The number of benzene rings is 2. The number of rotatable bonds is 5. The van der Waals surface area contributed by atoms with Crippen LogP contribution < -0.4 is 4.74 Å². The Morgan fingerprint density at radius 2 is 1.73 bits per heavy atom. The van der Waals surface area contributed by atoms with Crippen LogP contribution in [-0.2, 0) is 14.5 Å². The van der Waals surface area contributed by atoms with Crippen molar-refractivity contribution >= 4 is 38.1 Å². The molecule has 0 bridgehead atoms. The van der Waals surface area contributed by atoms with Gasteiger partial charge in [-0.25, -0.2) is 9.19 Å². The molecular formula is C25H24ClN3O3S. The van der Waals surface area contributed by atoms with E-state index in [4.69, 9.17) is 26.1 Å². The van der Waals surface area contributed by atoms with Crippen molar-refractivity contribution in [3.05, 3.63) is 65.7 Å². The quantitative estimate of drug-likeness (QED) is 0.375. The summed E-state index contributed by atoms with van der Waals surface area (Å²) in [6.45, 7) is 1.34. The van der Waals surface area contributed by atoms with Crippen LogP contribution in [0.3, 0.4) is 0 Å². The van der Waals surface area contributed by atoms with Crippen molar-refractivity contribution in [1.82, 2.24) is 9.97 Å². The summed E-state index contributed by atoms with van der Waals surface area (Å²) in [7, 11) is -2.18. The van der Waals surface area contributed by atoms with Gasteiger partial charge in [-0.2, -0.15) is 4.36 Å². The summed E-state index contributed by atoms with van der Waals surface area (Å²) in [5.74, 6) is 0.675. The molecule has 8 heteroatoms. The van der Waals surface area contributed by atoms with Gasteiger partial charge in [0.1, 0.15) is 6.10 Å². The Bertz CT molecular complexity index is 1410. The number of H-pyrrole nitrogens is 1. The average Bonchev–Trinajstić information content (AvgIpc) is 3.42. The first-order valence-corrected chi connectivity index (χ1v) is 13.4. The molecule has 2 aromatic carbocycles. The van der Waals surface area contributed by atoms with E-state index in [1.54, 1.807) is 12.5 Å². The zero-order chi connectivity index (χ0) is 23.0. The van der Waals surface area contributed by atoms with Gasteiger partial charge < -0.3 is 14.5 Å². The van der Waals surface area contributed by atoms with Gasteiger partial charge in [0.2, 0.25) is 0 Å². The molecular weight excluding hydrogens is 458 g/mol. The van der Waals surface area contributed by atoms with Gasteiger partial charge in [0.25, 0.3) is 0 Å². The molecule has 33 heavy (non-hydrogen) atoms. The van der Waals surface area contributed by atoms with E-state index in [-0.39, 0.29) is 6.10 Å². The molecule has 0 saturated carbocycles. The second kappa shape index (κ2) is 8.82. The smallest absolute Gasteiger partial charge is 0.193 e. The maximum Gasteiger partial charge on any atom is 0.193 e. The van der Waals surface area contributed by atoms with Crippen LogP contribution >= 0.6 is 11.6 Å². The molecule has 0 unspecified atom stereocenters. The summed E-state index contributed by atoms with van der Waals surface area (Å²) >= 11 is 6.57. The summed E-state index contributed by atoms with van der Waals surface area (Å²) in [5.41, 5.74) is 6.12. The van der Waals surface area contributed by atoms with E-state index in [0.717, 1.165) is 46.4 Å². The fourth-order valence-corrected chi connectivity index (χ4v) is 4.74. The minimum absolute atomic E-state index is 0.0660. The van der Waals surface area contributed by atoms with Gasteiger partial charge in [0.05, 0.1) is 40.7 Å². The van der Waals surface area contributed by atoms with Gasteiger partial charge in [-0.05, 0) is 29.3 Å². The molecule has 170 valence electrons. The van der Waals surface area contributed by atoms with E-state index in [2.05, 4.69) is 9.35 Å². The Morgan fingerprint density at radius 3 is 2.36 bits per heavy atom. The third kappa shape index (κ3) is 5.05. The molecule has 1 atom stereocenters. The van der Waals surface area contributed by atoms with Crippen molar-refractivity contribution < 1.29 is 13.7 Å². The number of nitrogens with zero attached hydrogens (tertiary/aromatic N) is 2. The Labute approximate surface area is 198 Å². The van der Waals surface area contributed by atoms with Crippen LogP contribution in [0.25, 0.3) is 33.4 Å². The second-order valence-electron chi connectivity index (χ2n) is 8.39. The predicted octanol–water partition coefficient (Wildman–Crippen LogP) is 6.08. The third-order valence-corrected chi connectivity index (χ3v) is 6.34. The Morgan fingerprint density at radius 1 is 1.06 bits per heavy atom. The number of halogens is 1. The monoisotopic (exact) mass is 481 g/mol. The van der Waals surface area contributed by atoms with Gasteiger partial charge in [0.15, 0.2) is 5.88 Å². The number of fused-ring (bicyclic) bond motifs is 1. The highest BCUT2D eigenvalue weighted by atomic mass is 35.5. The normalized spacial score (nSPS) is 16.3. The summed E-state index contributed by atoms with van der Waals surface area (Å²) in [4.78, 5) is 8.01. The van der Waals surface area contributed by atoms with E-state index in [1.807, 2.05) is 60.7 Å². The minimum Gasteiger partial charge on any atom is -0.473 e. The Kier molecular flexibility index (Phi) is 5.86. The van der Waals surface area contributed by atoms with Crippen molar-refractivity contribution in [2.45, 2.75) is 12.5 Å². The molecule has 1 fully saturated rings. The lowest BCUT2D eigenvalue weighted by atomic mass is 10.0. The Balaban J connectivity index is 1.39. The predicted molar refractivity (Wildman–Crippen MR) is 134 cm³/mol. The van der Waals surface area contributed by atoms with Gasteiger partial charge >= 0.3 is 0 Å². The van der Waals surface area contributed by atoms with Crippen LogP contribution in [0.4, 0.5) is 5.69 Å². The van der Waals surface area contributed by atoms with E-state index >= 15 is 0 Å². The molecule has 1 N–H and O–H groups in total. The van der Waals surface area contributed by atoms with Crippen molar-refractivity contribution in [3.63, 3.8) is 0 Å². The van der Waals surface area contributed by atoms with Crippen LogP contribution in [0.2, 0.25) is 5.02 Å². The number of ether oxygens (including phenoxy) is 2. The topological polar surface area (TPSA) is 76.6 Å². The lowest BCUT2D eigenvalue weighted by Crippen LogP contribution is -2.15. The largest absolute Gasteiger partial charge is 0.473 e. The maximum atomic E-state index is 11.9. The van der Waals surface area contributed by atoms with Crippen molar-refractivity contribution in [3.8, 4) is 28.3 Å². The maximum absolute atomic E-state index is 11.9. The molecule has 3 heterocycles. The first-order chi connectivity index (χ1) is 15.8. The van der Waals surface area contributed by atoms with Crippen LogP contribution in [0.15, 0.2) is 65.0 Å². The number of nitrogens with one attached hydrogen (secondary N) is 1. The first-order valence-electron chi connectivity index (χ1n) is 10.7. The van der Waals surface area contributed by atoms with Crippen LogP contribution in [0.5, 0.6) is 5.88 Å². The summed E-state index contributed by atoms with van der Waals surface area (Å²) < 4.78 is 27.4. The first kappa shape index (κ1) is 21.9. The van der Waals surface area contributed by atoms with E-state index in [0.29, 0.717) is 23.2 Å². The molecule has 0 amide bonds. The molecule has 5 rings (SSSR count). The van der Waals surface area contributed by atoms with Crippen LogP contribution in [0.1, 0.15) is 6.42 Å². The molecule has 1 saturated heterocycles. The lowest BCUT2D eigenvalue weighted by Gasteiger charge is -2.08. The molecule has 1 aliphatic heterocycles. The van der Waals surface area contributed by atoms with Gasteiger partial charge in [-0.15, -0.1) is 0 Å². The molecule has 0 radical (unpaired) electrons. The van der Waals surface area contributed by atoms with Gasteiger partial charge in [0, 0.05) is 40.3 Å². The van der Waals surface area contributed by atoms with Crippen LogP contribution in [0, 0.1) is 0 Å². The number of pyridine rings is 1. The second-order valence-corrected chi connectivity index (χ2v) is 11.3. The summed E-state index contributed by atoms with van der Waals surface area (Å²) in [5, 5.41) is 0.571. The Hall–Kier alpha value is -2.87.